The Labute approximate surface area is 535 Å². The van der Waals surface area contributed by atoms with Crippen molar-refractivity contribution in [3.63, 3.8) is 0 Å². The van der Waals surface area contributed by atoms with Crippen LogP contribution in [0.4, 0.5) is 4.79 Å². The Bertz CT molecular complexity index is 2610. The molecule has 1 amide bonds. The summed E-state index contributed by atoms with van der Waals surface area (Å²) in [6.45, 7) is 33.7. The van der Waals surface area contributed by atoms with Gasteiger partial charge in [0.25, 0.3) is 0 Å². The number of alkyl carbamates (subject to hydrolysis) is 1. The molecule has 4 heterocycles. The van der Waals surface area contributed by atoms with Gasteiger partial charge in [-0.25, -0.2) is 17.9 Å². The van der Waals surface area contributed by atoms with Crippen LogP contribution in [0.3, 0.4) is 0 Å². The monoisotopic (exact) mass is 1300 g/mol. The molecule has 25 heteroatoms. The van der Waals surface area contributed by atoms with E-state index in [9.17, 15) is 28.2 Å². The van der Waals surface area contributed by atoms with Crippen molar-refractivity contribution in [2.24, 2.45) is 52.0 Å². The van der Waals surface area contributed by atoms with Gasteiger partial charge in [0.15, 0.2) is 30.3 Å². The number of esters is 2. The standard InChI is InChI=1S/C65H110N4O20S/c1-35(2)27-48(70)85-54-42(9)53(37(4)32-81-61-57(79-20)56(78-19)50(71)45(12)84-61)87-59(74)44(11)55(86-49-28-38(5)69(31-40(7)82-49)34-63(13,14)15)41(8)52(88-60-51(72)47(68-80-21)29-39(6)83-60)36(3)30-65(18,58(73)43(54)10)89-62(75)67-64(16,17)33-66-90(76,77)46-25-23-22-24-26-46/h22-26,35-45,49-57,60-61,66,71-72H,27-34H2,1-21H3,(H,67,75)/t36?,37?,38?,39-,40+,41?,42?,43?,44?,45-,49+,50-,51-,52?,53?,54?,55?,56-,57-,60+,61-,65?/m1/s1. The fourth-order valence-electron chi connectivity index (χ4n) is 13.0. The maximum absolute atomic E-state index is 16.1. The zero-order valence-electron chi connectivity index (χ0n) is 57.3. The van der Waals surface area contributed by atoms with Crippen molar-refractivity contribution in [2.45, 2.75) is 258 Å². The van der Waals surface area contributed by atoms with E-state index in [4.69, 9.17) is 56.9 Å². The van der Waals surface area contributed by atoms with Crippen LogP contribution in [0.25, 0.3) is 0 Å². The van der Waals surface area contributed by atoms with Crippen molar-refractivity contribution in [2.75, 3.05) is 47.6 Å². The van der Waals surface area contributed by atoms with Crippen molar-refractivity contribution >= 4 is 39.6 Å². The van der Waals surface area contributed by atoms with Crippen LogP contribution < -0.4 is 10.0 Å². The molecule has 90 heavy (non-hydrogen) atoms. The Morgan fingerprint density at radius 3 is 2.06 bits per heavy atom. The van der Waals surface area contributed by atoms with E-state index in [0.717, 1.165) is 6.54 Å². The second-order valence-corrected chi connectivity index (χ2v) is 30.1. The number of nitrogens with zero attached hydrogens (tertiary/aromatic N) is 2. The Kier molecular flexibility index (Phi) is 28.1. The molecule has 4 saturated heterocycles. The molecule has 0 radical (unpaired) electrons. The number of cyclic esters (lactones) is 1. The molecule has 0 spiro atoms. The highest BCUT2D eigenvalue weighted by molar-refractivity contribution is 7.89. The van der Waals surface area contributed by atoms with E-state index in [1.807, 2.05) is 27.7 Å². The number of nitrogens with one attached hydrogen (secondary N) is 2. The van der Waals surface area contributed by atoms with Crippen LogP contribution in [0.2, 0.25) is 0 Å². The van der Waals surface area contributed by atoms with Crippen molar-refractivity contribution < 1.29 is 94.8 Å². The maximum atomic E-state index is 16.1. The number of carbonyl (C=O) groups is 4. The minimum absolute atomic E-state index is 0.0130. The molecule has 5 rings (SSSR count). The number of aliphatic hydroxyl groups is 2. The van der Waals surface area contributed by atoms with Crippen molar-refractivity contribution in [1.29, 1.82) is 0 Å². The number of carbonyl (C=O) groups excluding carboxylic acids is 4. The molecule has 0 bridgehead atoms. The summed E-state index contributed by atoms with van der Waals surface area (Å²) in [5.41, 5.74) is -3.25. The molecule has 1 aromatic carbocycles. The highest BCUT2D eigenvalue weighted by Gasteiger charge is 2.53. The van der Waals surface area contributed by atoms with E-state index in [1.54, 1.807) is 80.5 Å². The Hall–Kier alpha value is -3.96. The average molecular weight is 1300 g/mol. The van der Waals surface area contributed by atoms with Crippen molar-refractivity contribution in [3.05, 3.63) is 30.3 Å². The molecule has 4 aliphatic heterocycles. The van der Waals surface area contributed by atoms with Gasteiger partial charge in [0, 0.05) is 76.9 Å². The zero-order chi connectivity index (χ0) is 67.5. The second kappa shape index (κ2) is 32.9. The molecule has 0 aromatic heterocycles. The lowest BCUT2D eigenvalue weighted by Gasteiger charge is -2.45. The van der Waals surface area contributed by atoms with E-state index in [-0.39, 0.29) is 66.5 Å². The maximum Gasteiger partial charge on any atom is 0.408 e. The number of hydrogen-bond acceptors (Lipinski definition) is 22. The van der Waals surface area contributed by atoms with Crippen molar-refractivity contribution in [1.82, 2.24) is 14.9 Å². The van der Waals surface area contributed by atoms with Crippen LogP contribution in [-0.4, -0.2) is 204 Å². The summed E-state index contributed by atoms with van der Waals surface area (Å²) in [5.74, 6) is -8.14. The fourth-order valence-corrected chi connectivity index (χ4v) is 14.2. The van der Waals surface area contributed by atoms with Gasteiger partial charge < -0.3 is 72.5 Å². The normalized spacial score (nSPS) is 36.7. The van der Waals surface area contributed by atoms with Crippen molar-refractivity contribution in [3.8, 4) is 0 Å². The van der Waals surface area contributed by atoms with E-state index < -0.39 is 160 Å². The zero-order valence-corrected chi connectivity index (χ0v) is 58.1. The Morgan fingerprint density at radius 2 is 1.46 bits per heavy atom. The number of hydrogen-bond donors (Lipinski definition) is 4. The second-order valence-electron chi connectivity index (χ2n) is 28.4. The number of aliphatic hydroxyl groups excluding tert-OH is 2. The predicted molar refractivity (Wildman–Crippen MR) is 334 cm³/mol. The number of rotatable bonds is 21. The number of Topliss-reactive ketones (excluding diaryl/α,β-unsaturated/α-hetero) is 1. The summed E-state index contributed by atoms with van der Waals surface area (Å²) >= 11 is 0. The van der Waals surface area contributed by atoms with Crippen LogP contribution in [-0.2, 0) is 81.3 Å². The molecule has 12 unspecified atom stereocenters. The molecule has 0 aliphatic carbocycles. The van der Waals surface area contributed by atoms with Gasteiger partial charge in [-0.05, 0) is 91.2 Å². The summed E-state index contributed by atoms with van der Waals surface area (Å²) in [5, 5.41) is 29.9. The molecule has 1 aromatic rings. The van der Waals surface area contributed by atoms with E-state index in [1.165, 1.54) is 40.4 Å². The van der Waals surface area contributed by atoms with Crippen LogP contribution in [0.15, 0.2) is 40.4 Å². The first-order valence-electron chi connectivity index (χ1n) is 32.0. The SMILES string of the molecule is CON=C1C[C@@H](C)O[C@@H](OC2C(C)CC(C)(OC(=O)NC(C)(C)CNS(=O)(=O)c3ccccc3)C(=O)C(C)C(OC(=O)CC(C)C)C(C)C(C(C)CO[C@@H]3O[C@H](C)[C@@H](O)[C@@H](OC)[C@H]3OC)OC(=O)C(C)C(O[C@H]3CC(C)N(CC(C)(C)C)C[C@H](C)O3)C2C)[C@@H]1O. The van der Waals surface area contributed by atoms with E-state index >= 15 is 9.59 Å². The molecule has 24 nitrogen and oxygen atoms in total. The van der Waals surface area contributed by atoms with Gasteiger partial charge in [0.1, 0.15) is 43.7 Å². The highest BCUT2D eigenvalue weighted by atomic mass is 32.2. The molecule has 4 N–H and O–H groups in total. The summed E-state index contributed by atoms with van der Waals surface area (Å²) in [6, 6.07) is 7.70. The van der Waals surface area contributed by atoms with Gasteiger partial charge in [-0.15, -0.1) is 0 Å². The fraction of sp³-hybridized carbons (Fsp3) is 0.831. The average Bonchev–Trinajstić information content (AvgIpc) is 1.22. The summed E-state index contributed by atoms with van der Waals surface area (Å²) in [7, 11) is 0.209. The lowest BCUT2D eigenvalue weighted by atomic mass is 9.74. The lowest BCUT2D eigenvalue weighted by molar-refractivity contribution is -0.305. The number of benzene rings is 1. The van der Waals surface area contributed by atoms with Crippen LogP contribution in [0.1, 0.15) is 150 Å². The number of methoxy groups -OCH3 is 2. The molecule has 22 atom stereocenters. The minimum atomic E-state index is -4.04. The van der Waals surface area contributed by atoms with Gasteiger partial charge in [-0.2, -0.15) is 0 Å². The first-order valence-corrected chi connectivity index (χ1v) is 33.5. The lowest BCUT2D eigenvalue weighted by Crippen LogP contribution is -2.59. The van der Waals surface area contributed by atoms with E-state index in [2.05, 4.69) is 47.8 Å². The van der Waals surface area contributed by atoms with Crippen LogP contribution in [0.5, 0.6) is 0 Å². The molecular formula is C65H110N4O20S. The number of amides is 1. The molecular weight excluding hydrogens is 1190 g/mol. The number of sulfonamides is 1. The van der Waals surface area contributed by atoms with Gasteiger partial charge in [-0.3, -0.25) is 19.3 Å². The predicted octanol–water partition coefficient (Wildman–Crippen LogP) is 7.18. The summed E-state index contributed by atoms with van der Waals surface area (Å²) in [4.78, 5) is 68.2. The van der Waals surface area contributed by atoms with E-state index in [0.29, 0.717) is 13.0 Å². The quantitative estimate of drug-likeness (QED) is 0.0538. The molecule has 4 fully saturated rings. The Morgan fingerprint density at radius 1 is 0.811 bits per heavy atom. The topological polar surface area (TPSA) is 293 Å². The molecule has 516 valence electrons. The first kappa shape index (κ1) is 76.7. The largest absolute Gasteiger partial charge is 0.461 e. The van der Waals surface area contributed by atoms with Crippen LogP contribution in [0, 0.1) is 46.8 Å². The van der Waals surface area contributed by atoms with Crippen LogP contribution >= 0.6 is 0 Å². The molecule has 0 saturated carbocycles. The highest BCUT2D eigenvalue weighted by Crippen LogP contribution is 2.41. The third kappa shape index (κ3) is 20.8. The summed E-state index contributed by atoms with van der Waals surface area (Å²) < 4.78 is 101. The third-order valence-electron chi connectivity index (χ3n) is 17.6. The van der Waals surface area contributed by atoms with Gasteiger partial charge in [-0.1, -0.05) is 92.6 Å². The number of ether oxygens (including phenoxy) is 11. The minimum Gasteiger partial charge on any atom is -0.461 e. The summed E-state index contributed by atoms with van der Waals surface area (Å²) in [6.07, 6.45) is -14.8. The molecule has 4 aliphatic rings. The van der Waals surface area contributed by atoms with Gasteiger partial charge >= 0.3 is 18.0 Å². The van der Waals surface area contributed by atoms with Gasteiger partial charge in [0.05, 0.1) is 65.1 Å². The smallest absolute Gasteiger partial charge is 0.408 e. The Balaban J connectivity index is 1.72. The third-order valence-corrected chi connectivity index (χ3v) is 19.0. The van der Waals surface area contributed by atoms with Gasteiger partial charge in [0.2, 0.25) is 10.0 Å². The number of oxime groups is 1. The number of ketones is 1. The first-order chi connectivity index (χ1) is 41.9.